The summed E-state index contributed by atoms with van der Waals surface area (Å²) in [6.45, 7) is 1.89. The van der Waals surface area contributed by atoms with Crippen LogP contribution in [0.1, 0.15) is 11.1 Å². The second-order valence-electron chi connectivity index (χ2n) is 3.28. The zero-order valence-corrected chi connectivity index (χ0v) is 10.4. The molecule has 6 heteroatoms. The van der Waals surface area contributed by atoms with Crippen LogP contribution < -0.4 is 5.14 Å². The van der Waals surface area contributed by atoms with Gasteiger partial charge in [-0.3, -0.25) is 0 Å². The Labute approximate surface area is 99.5 Å². The number of sulfonamides is 1. The summed E-state index contributed by atoms with van der Waals surface area (Å²) in [7, 11) is -3.43. The van der Waals surface area contributed by atoms with Gasteiger partial charge in [-0.15, -0.1) is 11.8 Å². The van der Waals surface area contributed by atoms with Crippen LogP contribution in [-0.2, 0) is 10.0 Å². The van der Waals surface area contributed by atoms with E-state index in [9.17, 15) is 8.42 Å². The molecule has 1 aromatic rings. The summed E-state index contributed by atoms with van der Waals surface area (Å²) in [4.78, 5) is 0.827. The quantitative estimate of drug-likeness (QED) is 0.822. The first-order chi connectivity index (χ1) is 7.44. The van der Waals surface area contributed by atoms with Crippen molar-refractivity contribution >= 4 is 21.8 Å². The van der Waals surface area contributed by atoms with Crippen molar-refractivity contribution < 1.29 is 8.42 Å². The Bertz CT molecular complexity index is 518. The smallest absolute Gasteiger partial charge is 0.209 e. The summed E-state index contributed by atoms with van der Waals surface area (Å²) in [5.41, 5.74) is 1.54. The fraction of sp³-hybridized carbons (Fsp3) is 0.300. The molecular weight excluding hydrogens is 244 g/mol. The number of benzene rings is 1. The number of hydrogen-bond acceptors (Lipinski definition) is 4. The highest BCUT2D eigenvalue weighted by Gasteiger charge is 2.08. The van der Waals surface area contributed by atoms with Gasteiger partial charge in [-0.2, -0.15) is 5.26 Å². The van der Waals surface area contributed by atoms with Gasteiger partial charge < -0.3 is 0 Å². The Kier molecular flexibility index (Phi) is 4.35. The Morgan fingerprint density at radius 1 is 1.50 bits per heavy atom. The van der Waals surface area contributed by atoms with Crippen LogP contribution >= 0.6 is 11.8 Å². The van der Waals surface area contributed by atoms with E-state index in [0.717, 1.165) is 10.5 Å². The second kappa shape index (κ2) is 5.34. The van der Waals surface area contributed by atoms with Gasteiger partial charge in [0.25, 0.3) is 0 Å². The van der Waals surface area contributed by atoms with Crippen LogP contribution in [0.15, 0.2) is 23.1 Å². The summed E-state index contributed by atoms with van der Waals surface area (Å²) in [6, 6.07) is 7.49. The molecule has 2 N–H and O–H groups in total. The first kappa shape index (κ1) is 13.0. The lowest BCUT2D eigenvalue weighted by Crippen LogP contribution is -2.17. The highest BCUT2D eigenvalue weighted by molar-refractivity contribution is 8.00. The first-order valence-corrected chi connectivity index (χ1v) is 7.27. The van der Waals surface area contributed by atoms with Crippen molar-refractivity contribution in [1.82, 2.24) is 0 Å². The molecular formula is C10H12N2O2S2. The maximum Gasteiger partial charge on any atom is 0.209 e. The van der Waals surface area contributed by atoms with Gasteiger partial charge in [0.1, 0.15) is 6.07 Å². The van der Waals surface area contributed by atoms with Gasteiger partial charge in [0, 0.05) is 10.6 Å². The SMILES string of the molecule is Cc1cccc(C#N)c1SCCS(N)(=O)=O. The van der Waals surface area contributed by atoms with Crippen molar-refractivity contribution in [3.05, 3.63) is 29.3 Å². The van der Waals surface area contributed by atoms with Crippen molar-refractivity contribution in [3.8, 4) is 6.07 Å². The number of thioether (sulfide) groups is 1. The molecule has 0 heterocycles. The normalized spacial score (nSPS) is 11.1. The van der Waals surface area contributed by atoms with E-state index in [-0.39, 0.29) is 5.75 Å². The summed E-state index contributed by atoms with van der Waals surface area (Å²) >= 11 is 1.34. The molecule has 0 atom stereocenters. The molecule has 0 radical (unpaired) electrons. The third-order valence-corrected chi connectivity index (χ3v) is 4.22. The van der Waals surface area contributed by atoms with E-state index in [1.807, 2.05) is 13.0 Å². The molecule has 0 aromatic heterocycles. The van der Waals surface area contributed by atoms with Crippen LogP contribution in [0.3, 0.4) is 0 Å². The Morgan fingerprint density at radius 3 is 2.75 bits per heavy atom. The third-order valence-electron chi connectivity index (χ3n) is 1.95. The van der Waals surface area contributed by atoms with Crippen molar-refractivity contribution in [3.63, 3.8) is 0 Å². The summed E-state index contributed by atoms with van der Waals surface area (Å²) in [5, 5.41) is 13.8. The lowest BCUT2D eigenvalue weighted by Gasteiger charge is -2.06. The molecule has 0 saturated carbocycles. The predicted octanol–water partition coefficient (Wildman–Crippen LogP) is 1.25. The van der Waals surface area contributed by atoms with E-state index in [2.05, 4.69) is 6.07 Å². The molecule has 0 aliphatic rings. The van der Waals surface area contributed by atoms with Gasteiger partial charge in [0.05, 0.1) is 11.3 Å². The van der Waals surface area contributed by atoms with Crippen LogP contribution in [0, 0.1) is 18.3 Å². The van der Waals surface area contributed by atoms with Gasteiger partial charge >= 0.3 is 0 Å². The molecule has 0 saturated heterocycles. The number of nitrogens with two attached hydrogens (primary N) is 1. The van der Waals surface area contributed by atoms with Crippen LogP contribution in [0.2, 0.25) is 0 Å². The summed E-state index contributed by atoms with van der Waals surface area (Å²) in [6.07, 6.45) is 0. The lowest BCUT2D eigenvalue weighted by atomic mass is 10.1. The topological polar surface area (TPSA) is 83.9 Å². The maximum absolute atomic E-state index is 10.8. The highest BCUT2D eigenvalue weighted by atomic mass is 32.2. The van der Waals surface area contributed by atoms with Gasteiger partial charge in [-0.25, -0.2) is 13.6 Å². The zero-order chi connectivity index (χ0) is 12.2. The number of primary sulfonamides is 1. The Balaban J connectivity index is 2.78. The van der Waals surface area contributed by atoms with E-state index in [1.165, 1.54) is 11.8 Å². The first-order valence-electron chi connectivity index (χ1n) is 4.57. The van der Waals surface area contributed by atoms with Gasteiger partial charge in [0.2, 0.25) is 10.0 Å². The lowest BCUT2D eigenvalue weighted by molar-refractivity contribution is 0.599. The van der Waals surface area contributed by atoms with Crippen LogP contribution in [0.5, 0.6) is 0 Å². The van der Waals surface area contributed by atoms with Crippen LogP contribution in [-0.4, -0.2) is 19.9 Å². The predicted molar refractivity (Wildman–Crippen MR) is 64.6 cm³/mol. The third kappa shape index (κ3) is 3.85. The Morgan fingerprint density at radius 2 is 2.19 bits per heavy atom. The van der Waals surface area contributed by atoms with Gasteiger partial charge in [-0.05, 0) is 18.6 Å². The molecule has 4 nitrogen and oxygen atoms in total. The van der Waals surface area contributed by atoms with E-state index < -0.39 is 10.0 Å². The summed E-state index contributed by atoms with van der Waals surface area (Å²) in [5.74, 6) is 0.273. The zero-order valence-electron chi connectivity index (χ0n) is 8.80. The molecule has 16 heavy (non-hydrogen) atoms. The molecule has 0 unspecified atom stereocenters. The van der Waals surface area contributed by atoms with Gasteiger partial charge in [-0.1, -0.05) is 12.1 Å². The molecule has 1 rings (SSSR count). The van der Waals surface area contributed by atoms with Crippen molar-refractivity contribution in [2.24, 2.45) is 5.14 Å². The molecule has 86 valence electrons. The minimum Gasteiger partial charge on any atom is -0.229 e. The Hall–Kier alpha value is -1.03. The molecule has 0 bridgehead atoms. The van der Waals surface area contributed by atoms with E-state index in [4.69, 9.17) is 10.4 Å². The number of nitriles is 1. The minimum atomic E-state index is -3.43. The largest absolute Gasteiger partial charge is 0.229 e. The summed E-state index contributed by atoms with van der Waals surface area (Å²) < 4.78 is 21.5. The average Bonchev–Trinajstić information content (AvgIpc) is 2.18. The number of hydrogen-bond donors (Lipinski definition) is 1. The van der Waals surface area contributed by atoms with E-state index in [1.54, 1.807) is 12.1 Å². The van der Waals surface area contributed by atoms with Crippen molar-refractivity contribution in [1.29, 1.82) is 5.26 Å². The van der Waals surface area contributed by atoms with E-state index >= 15 is 0 Å². The molecule has 0 amide bonds. The van der Waals surface area contributed by atoms with Crippen LogP contribution in [0.25, 0.3) is 0 Å². The molecule has 0 aliphatic heterocycles. The average molecular weight is 256 g/mol. The molecule has 0 fully saturated rings. The second-order valence-corrected chi connectivity index (χ2v) is 6.12. The fourth-order valence-corrected chi connectivity index (χ4v) is 3.22. The molecule has 0 spiro atoms. The van der Waals surface area contributed by atoms with Gasteiger partial charge in [0.15, 0.2) is 0 Å². The fourth-order valence-electron chi connectivity index (χ4n) is 1.19. The monoisotopic (exact) mass is 256 g/mol. The molecule has 1 aromatic carbocycles. The standard InChI is InChI=1S/C10H12N2O2S2/c1-8-3-2-4-9(7-11)10(8)15-5-6-16(12,13)14/h2-4H,5-6H2,1H3,(H2,12,13,14). The van der Waals surface area contributed by atoms with E-state index in [0.29, 0.717) is 11.3 Å². The highest BCUT2D eigenvalue weighted by Crippen LogP contribution is 2.26. The maximum atomic E-state index is 10.8. The van der Waals surface area contributed by atoms with Crippen LogP contribution in [0.4, 0.5) is 0 Å². The number of aryl methyl sites for hydroxylation is 1. The minimum absolute atomic E-state index is 0.0864. The van der Waals surface area contributed by atoms with Crippen molar-refractivity contribution in [2.45, 2.75) is 11.8 Å². The number of nitrogens with zero attached hydrogens (tertiary/aromatic N) is 1. The number of rotatable bonds is 4. The molecule has 0 aliphatic carbocycles. The van der Waals surface area contributed by atoms with Crippen molar-refractivity contribution in [2.75, 3.05) is 11.5 Å².